The van der Waals surface area contributed by atoms with Crippen LogP contribution in [0.1, 0.15) is 84.5 Å². The lowest BCUT2D eigenvalue weighted by Gasteiger charge is -2.56. The normalized spacial score (nSPS) is 41.3. The third-order valence-corrected chi connectivity index (χ3v) is 9.34. The van der Waals surface area contributed by atoms with E-state index in [-0.39, 0.29) is 36.8 Å². The van der Waals surface area contributed by atoms with Gasteiger partial charge in [-0.1, -0.05) is 31.9 Å². The highest BCUT2D eigenvalue weighted by atomic mass is 16.7. The number of hydrogen-bond acceptors (Lipinski definition) is 6. The summed E-state index contributed by atoms with van der Waals surface area (Å²) in [6, 6.07) is 0. The van der Waals surface area contributed by atoms with Crippen molar-refractivity contribution in [1.29, 1.82) is 0 Å². The Hall–Kier alpha value is -2.11. The molecule has 0 aromatic heterocycles. The van der Waals surface area contributed by atoms with Crippen LogP contribution in [-0.4, -0.2) is 30.3 Å². The molecule has 5 rings (SSSR count). The van der Waals surface area contributed by atoms with Crippen molar-refractivity contribution in [3.8, 4) is 0 Å². The maximum atomic E-state index is 12.4. The Labute approximate surface area is 196 Å². The summed E-state index contributed by atoms with van der Waals surface area (Å²) in [7, 11) is 0. The lowest BCUT2D eigenvalue weighted by Crippen LogP contribution is -2.48. The van der Waals surface area contributed by atoms with Gasteiger partial charge < -0.3 is 14.2 Å². The topological polar surface area (TPSA) is 78.9 Å². The largest absolute Gasteiger partial charge is 0.454 e. The fourth-order valence-electron chi connectivity index (χ4n) is 7.58. The van der Waals surface area contributed by atoms with Crippen molar-refractivity contribution < 1.29 is 28.6 Å². The maximum Gasteiger partial charge on any atom is 0.309 e. The summed E-state index contributed by atoms with van der Waals surface area (Å²) in [5.41, 5.74) is 2.03. The van der Waals surface area contributed by atoms with Crippen molar-refractivity contribution in [2.45, 2.75) is 96.9 Å². The summed E-state index contributed by atoms with van der Waals surface area (Å²) < 4.78 is 15.6. The summed E-state index contributed by atoms with van der Waals surface area (Å²) in [5.74, 6) is 1.02. The molecule has 0 spiro atoms. The van der Waals surface area contributed by atoms with Crippen LogP contribution >= 0.6 is 0 Å². The van der Waals surface area contributed by atoms with Gasteiger partial charge in [0.25, 0.3) is 0 Å². The van der Waals surface area contributed by atoms with Crippen molar-refractivity contribution in [3.05, 3.63) is 23.8 Å². The molecule has 0 bridgehead atoms. The fraction of sp³-hybridized carbons (Fsp3) is 0.741. The molecule has 5 aliphatic rings. The zero-order valence-corrected chi connectivity index (χ0v) is 19.8. The monoisotopic (exact) mass is 456 g/mol. The molecule has 4 aliphatic carbocycles. The number of esters is 3. The summed E-state index contributed by atoms with van der Waals surface area (Å²) in [6.07, 6.45) is 14.9. The van der Waals surface area contributed by atoms with Gasteiger partial charge >= 0.3 is 17.9 Å². The van der Waals surface area contributed by atoms with Gasteiger partial charge in [-0.15, -0.1) is 0 Å². The highest BCUT2D eigenvalue weighted by Crippen LogP contribution is 2.64. The minimum atomic E-state index is -0.818. The van der Waals surface area contributed by atoms with Crippen LogP contribution in [0, 0.1) is 28.6 Å². The van der Waals surface area contributed by atoms with E-state index in [1.807, 2.05) is 6.08 Å². The van der Waals surface area contributed by atoms with Crippen LogP contribution in [0.5, 0.6) is 0 Å². The molecule has 0 amide bonds. The predicted molar refractivity (Wildman–Crippen MR) is 121 cm³/mol. The molecular weight excluding hydrogens is 420 g/mol. The molecule has 4 fully saturated rings. The average molecular weight is 457 g/mol. The zero-order valence-electron chi connectivity index (χ0n) is 19.8. The van der Waals surface area contributed by atoms with E-state index in [4.69, 9.17) is 14.2 Å². The van der Waals surface area contributed by atoms with E-state index in [0.29, 0.717) is 17.8 Å². The highest BCUT2D eigenvalue weighted by molar-refractivity contribution is 5.78. The smallest absolute Gasteiger partial charge is 0.309 e. The first-order valence-electron chi connectivity index (χ1n) is 12.8. The van der Waals surface area contributed by atoms with Crippen LogP contribution < -0.4 is 0 Å². The van der Waals surface area contributed by atoms with Crippen LogP contribution in [0.25, 0.3) is 0 Å². The lowest BCUT2D eigenvalue weighted by molar-refractivity contribution is -0.177. The average Bonchev–Trinajstić information content (AvgIpc) is 3.37. The molecule has 1 aliphatic heterocycles. The lowest BCUT2D eigenvalue weighted by atomic mass is 9.48. The van der Waals surface area contributed by atoms with Crippen LogP contribution in [0.2, 0.25) is 0 Å². The third kappa shape index (κ3) is 4.26. The molecule has 1 saturated heterocycles. The van der Waals surface area contributed by atoms with Crippen LogP contribution in [0.15, 0.2) is 23.8 Å². The third-order valence-electron chi connectivity index (χ3n) is 9.34. The molecule has 0 aromatic rings. The second kappa shape index (κ2) is 8.59. The van der Waals surface area contributed by atoms with Crippen LogP contribution in [-0.2, 0) is 28.6 Å². The van der Waals surface area contributed by atoms with Gasteiger partial charge in [0.2, 0.25) is 6.29 Å². The molecule has 6 nitrogen and oxygen atoms in total. The first kappa shape index (κ1) is 22.7. The maximum absolute atomic E-state index is 12.4. The molecule has 0 aromatic carbocycles. The summed E-state index contributed by atoms with van der Waals surface area (Å²) in [5, 5.41) is 0. The SMILES string of the molecule is C[C@@]12CCC[C@H]1[C@@H]1CCC3=CC(OC(=O)CCC(=O)OC4CCC(=O)O4)C=C[C@]3(C)[C@H]1CC2. The minimum Gasteiger partial charge on any atom is -0.454 e. The van der Waals surface area contributed by atoms with Crippen LogP contribution in [0.4, 0.5) is 0 Å². The van der Waals surface area contributed by atoms with E-state index in [9.17, 15) is 14.4 Å². The molecule has 7 atom stereocenters. The Bertz CT molecular complexity index is 889. The van der Waals surface area contributed by atoms with E-state index in [2.05, 4.69) is 26.0 Å². The predicted octanol–water partition coefficient (Wildman–Crippen LogP) is 5.01. The standard InChI is InChI=1S/C27H36O6/c1-26-13-3-4-20(26)19-6-5-17-16-18(11-15-27(17,2)21(19)12-14-26)31-22(28)7-8-23(29)32-25-10-9-24(30)33-25/h11,15-16,18-21,25H,3-10,12-14H2,1-2H3/t18?,19-,20-,21-,25?,26-,27-/m0/s1. The quantitative estimate of drug-likeness (QED) is 0.427. The fourth-order valence-corrected chi connectivity index (χ4v) is 7.58. The van der Waals surface area contributed by atoms with Gasteiger partial charge in [-0.3, -0.25) is 14.4 Å². The molecule has 3 saturated carbocycles. The Morgan fingerprint density at radius 1 is 1.00 bits per heavy atom. The Kier molecular flexibility index (Phi) is 5.90. The zero-order chi connectivity index (χ0) is 23.2. The van der Waals surface area contributed by atoms with Crippen molar-refractivity contribution in [2.24, 2.45) is 28.6 Å². The Morgan fingerprint density at radius 2 is 1.79 bits per heavy atom. The van der Waals surface area contributed by atoms with Crippen molar-refractivity contribution in [3.63, 3.8) is 0 Å². The number of carbonyl (C=O) groups excluding carboxylic acids is 3. The van der Waals surface area contributed by atoms with Crippen molar-refractivity contribution >= 4 is 17.9 Å². The summed E-state index contributed by atoms with van der Waals surface area (Å²) in [4.78, 5) is 35.4. The molecule has 2 unspecified atom stereocenters. The number of allylic oxidation sites excluding steroid dienone is 2. The number of fused-ring (bicyclic) bond motifs is 5. The molecule has 1 heterocycles. The number of cyclic esters (lactones) is 1. The second-order valence-electron chi connectivity index (χ2n) is 11.2. The first-order valence-corrected chi connectivity index (χ1v) is 12.8. The van der Waals surface area contributed by atoms with E-state index >= 15 is 0 Å². The van der Waals surface area contributed by atoms with Gasteiger partial charge in [0.1, 0.15) is 6.10 Å². The van der Waals surface area contributed by atoms with E-state index in [1.54, 1.807) is 0 Å². The van der Waals surface area contributed by atoms with E-state index in [0.717, 1.165) is 18.3 Å². The summed E-state index contributed by atoms with van der Waals surface area (Å²) >= 11 is 0. The van der Waals surface area contributed by atoms with Gasteiger partial charge in [0.15, 0.2) is 0 Å². The molecular formula is C27H36O6. The molecule has 0 N–H and O–H groups in total. The van der Waals surface area contributed by atoms with Crippen molar-refractivity contribution in [1.82, 2.24) is 0 Å². The Balaban J connectivity index is 1.15. The van der Waals surface area contributed by atoms with Gasteiger partial charge in [0.05, 0.1) is 19.3 Å². The number of rotatable bonds is 5. The van der Waals surface area contributed by atoms with Gasteiger partial charge in [-0.25, -0.2) is 0 Å². The molecule has 180 valence electrons. The Morgan fingerprint density at radius 3 is 2.55 bits per heavy atom. The number of hydrogen-bond donors (Lipinski definition) is 0. The van der Waals surface area contributed by atoms with Gasteiger partial charge in [-0.2, -0.15) is 0 Å². The highest BCUT2D eigenvalue weighted by Gasteiger charge is 2.55. The van der Waals surface area contributed by atoms with Crippen molar-refractivity contribution in [2.75, 3.05) is 0 Å². The van der Waals surface area contributed by atoms with E-state index < -0.39 is 18.2 Å². The number of ether oxygens (including phenoxy) is 3. The molecule has 6 heteroatoms. The summed E-state index contributed by atoms with van der Waals surface area (Å²) in [6.45, 7) is 4.91. The van der Waals surface area contributed by atoms with E-state index in [1.165, 1.54) is 44.1 Å². The minimum absolute atomic E-state index is 0.0464. The van der Waals surface area contributed by atoms with Gasteiger partial charge in [-0.05, 0) is 73.8 Å². The second-order valence-corrected chi connectivity index (χ2v) is 11.2. The molecule has 0 radical (unpaired) electrons. The molecule has 33 heavy (non-hydrogen) atoms. The first-order chi connectivity index (χ1) is 15.8. The number of carbonyl (C=O) groups is 3. The van der Waals surface area contributed by atoms with Gasteiger partial charge in [0, 0.05) is 11.8 Å². The van der Waals surface area contributed by atoms with Crippen LogP contribution in [0.3, 0.4) is 0 Å².